The highest BCUT2D eigenvalue weighted by Gasteiger charge is 2.54. The third-order valence-electron chi connectivity index (χ3n) is 23.9. The van der Waals surface area contributed by atoms with Gasteiger partial charge in [-0.15, -0.1) is 0 Å². The van der Waals surface area contributed by atoms with Crippen LogP contribution in [0.5, 0.6) is 11.5 Å². The van der Waals surface area contributed by atoms with Gasteiger partial charge in [0.05, 0.1) is 45.3 Å². The Kier molecular flexibility index (Phi) is 66.8. The Morgan fingerprint density at radius 1 is 0.423 bits per heavy atom. The summed E-state index contributed by atoms with van der Waals surface area (Å²) in [5, 5.41) is 30.8. The van der Waals surface area contributed by atoms with E-state index in [0.717, 1.165) is 166 Å². The topological polar surface area (TPSA) is 250 Å². The van der Waals surface area contributed by atoms with Crippen molar-refractivity contribution in [2.75, 3.05) is 19.8 Å². The van der Waals surface area contributed by atoms with E-state index in [1.807, 2.05) is 30.3 Å². The first-order chi connectivity index (χ1) is 60.2. The van der Waals surface area contributed by atoms with Gasteiger partial charge in [0.15, 0.2) is 12.4 Å². The van der Waals surface area contributed by atoms with Crippen molar-refractivity contribution in [3.05, 3.63) is 96.6 Å². The van der Waals surface area contributed by atoms with Crippen molar-refractivity contribution in [1.29, 1.82) is 0 Å². The molecule has 0 spiro atoms. The number of amides is 1. The fourth-order valence-electron chi connectivity index (χ4n) is 16.5. The van der Waals surface area contributed by atoms with E-state index < -0.39 is 93.3 Å². The number of hydrogen-bond acceptors (Lipinski definition) is 18. The lowest BCUT2D eigenvalue weighted by atomic mass is 9.90. The fraction of sp³-hybridized carbons (Fsp3) is 0.777. The predicted octanol–water partition coefficient (Wildman–Crippen LogP) is 26.8. The van der Waals surface area contributed by atoms with E-state index in [1.54, 1.807) is 60.7 Å². The number of nitrogens with one attached hydrogen (secondary N) is 2. The Morgan fingerprint density at radius 2 is 0.797 bits per heavy atom. The molecule has 0 bridgehead atoms. The Morgan fingerprint density at radius 3 is 1.22 bits per heavy atom. The van der Waals surface area contributed by atoms with Crippen LogP contribution < -0.4 is 19.7 Å². The van der Waals surface area contributed by atoms with Crippen LogP contribution in [0.2, 0.25) is 0 Å². The number of ether oxygens (including phenoxy) is 6. The van der Waals surface area contributed by atoms with Gasteiger partial charge in [0.2, 0.25) is 5.91 Å². The molecule has 1 fully saturated rings. The minimum Gasteiger partial charge on any atom is -0.462 e. The Bertz CT molecular complexity index is 3020. The van der Waals surface area contributed by atoms with Crippen molar-refractivity contribution in [2.45, 2.75) is 489 Å². The number of phosphoric acid groups is 1. The van der Waals surface area contributed by atoms with Crippen molar-refractivity contribution in [1.82, 2.24) is 10.6 Å². The second-order valence-corrected chi connectivity index (χ2v) is 36.8. The highest BCUT2D eigenvalue weighted by Crippen LogP contribution is 2.53. The van der Waals surface area contributed by atoms with Crippen LogP contribution in [-0.2, 0) is 68.1 Å². The molecule has 4 N–H and O–H groups in total. The molecule has 10 atom stereocenters. The van der Waals surface area contributed by atoms with E-state index >= 15 is 14.2 Å². The molecule has 20 heteroatoms. The minimum absolute atomic E-state index is 0.0365. The van der Waals surface area contributed by atoms with Crippen molar-refractivity contribution < 1.29 is 80.7 Å². The molecule has 1 heterocycles. The summed E-state index contributed by atoms with van der Waals surface area (Å²) in [6.45, 7) is 12.3. The molecule has 3 aromatic carbocycles. The summed E-state index contributed by atoms with van der Waals surface area (Å²) in [6, 6.07) is 23.9. The lowest BCUT2D eigenvalue weighted by Crippen LogP contribution is -2.67. The first-order valence-corrected chi connectivity index (χ1v) is 51.7. The van der Waals surface area contributed by atoms with E-state index in [9.17, 15) is 24.6 Å². The number of unbranched alkanes of at least 4 members (excludes halogenated alkanes) is 45. The summed E-state index contributed by atoms with van der Waals surface area (Å²) in [7, 11) is -5.00. The number of benzene rings is 3. The molecule has 3 aromatic rings. The normalized spacial score (nSPS) is 16.6. The lowest BCUT2D eigenvalue weighted by molar-refractivity contribution is -0.273. The minimum atomic E-state index is -5.00. The Balaban J connectivity index is 1.89. The first kappa shape index (κ1) is 110. The van der Waals surface area contributed by atoms with Gasteiger partial charge < -0.3 is 53.0 Å². The van der Waals surface area contributed by atoms with Crippen LogP contribution in [0.25, 0.3) is 0 Å². The van der Waals surface area contributed by atoms with Crippen LogP contribution in [0.1, 0.15) is 432 Å². The largest absolute Gasteiger partial charge is 0.588 e. The zero-order valence-electron chi connectivity index (χ0n) is 78.2. The standard InChI is InChI=1S/C103H175N2O17P/c1-7-13-19-25-31-37-40-46-57-69-87(93(107)76-64-49-43-34-28-22-16-10-4)79-99(112)119-102-100(105-96(109)81-92(75-59-48-42-39-33-27-21-15-9-3)117-98(111)78-66-51-45-36-30-24-18-12-6)103(118-94(82-106)101(102)122-123(113,120-89-70-60-53-61-71-89)121-90-72-62-54-63-73-90)115-85-88(84-114-83-86-67-55-52-56-68-86)104-95(108)80-91(74-58-47-41-38-32-26-20-14-8-2)116-97(110)77-65-50-44-35-29-23-17-11-5/h52-56,60-63,67-68,70-73,87-88,91-92,94-95,100-104,106,108H,7-51,57-59,64-66,69,74-85H2,1-6H3,(H,105,109)/t87-,88?,91-,92-,94-,95+,100-,101-,102-,103?/m1/s1. The Hall–Kier alpha value is -5.24. The molecule has 1 aliphatic rings. The van der Waals surface area contributed by atoms with Crippen molar-refractivity contribution in [2.24, 2.45) is 5.92 Å². The first-order valence-electron chi connectivity index (χ1n) is 50.3. The second-order valence-electron chi connectivity index (χ2n) is 35.4. The number of esters is 3. The molecule has 1 aliphatic heterocycles. The third-order valence-corrected chi connectivity index (χ3v) is 25.3. The van der Waals surface area contributed by atoms with Gasteiger partial charge in [-0.1, -0.05) is 404 Å². The maximum atomic E-state index is 16.0. The van der Waals surface area contributed by atoms with Crippen LogP contribution in [0.3, 0.4) is 0 Å². The van der Waals surface area contributed by atoms with Gasteiger partial charge in [-0.25, -0.2) is 4.57 Å². The van der Waals surface area contributed by atoms with Gasteiger partial charge in [0, 0.05) is 31.6 Å². The molecule has 19 nitrogen and oxygen atoms in total. The van der Waals surface area contributed by atoms with E-state index in [0.29, 0.717) is 51.4 Å². The number of carbonyl (C=O) groups is 5. The molecule has 4 rings (SSSR count). The van der Waals surface area contributed by atoms with E-state index in [1.165, 1.54) is 141 Å². The number of ketones is 1. The van der Waals surface area contributed by atoms with Crippen molar-refractivity contribution in [3.63, 3.8) is 0 Å². The average molecular weight is 1740 g/mol. The van der Waals surface area contributed by atoms with Gasteiger partial charge in [-0.05, 0) is 81.2 Å². The van der Waals surface area contributed by atoms with E-state index in [-0.39, 0.29) is 75.2 Å². The summed E-state index contributed by atoms with van der Waals surface area (Å²) >= 11 is 0. The van der Waals surface area contributed by atoms with Crippen LogP contribution in [0, 0.1) is 5.92 Å². The highest BCUT2D eigenvalue weighted by atomic mass is 31.2. The molecule has 0 aromatic heterocycles. The quantitative estimate of drug-likeness (QED) is 0.0135. The molecule has 0 radical (unpaired) electrons. The van der Waals surface area contributed by atoms with E-state index in [4.69, 9.17) is 42.0 Å². The molecule has 704 valence electrons. The van der Waals surface area contributed by atoms with Crippen LogP contribution >= 0.6 is 7.82 Å². The van der Waals surface area contributed by atoms with Gasteiger partial charge in [-0.3, -0.25) is 33.8 Å². The summed E-state index contributed by atoms with van der Waals surface area (Å²) < 4.78 is 75.1. The summed E-state index contributed by atoms with van der Waals surface area (Å²) in [5.74, 6) is -2.70. The molecular weight excluding hydrogens is 1570 g/mol. The van der Waals surface area contributed by atoms with Crippen LogP contribution in [0.4, 0.5) is 0 Å². The van der Waals surface area contributed by atoms with Crippen molar-refractivity contribution >= 4 is 37.4 Å². The molecule has 1 saturated heterocycles. The molecule has 123 heavy (non-hydrogen) atoms. The summed E-state index contributed by atoms with van der Waals surface area (Å²) in [4.78, 5) is 74.0. The SMILES string of the molecule is CCCCCCCCCCC[C@H](CC(=O)N[C@H]1C(OCC(COCc2ccccc2)N[C@@H](O)C[C@@H](CCCCCCCCCCC)OC(=O)CCCCCCCCCC)O[C@H](CO)[C@@H](OP(=O)(Oc2ccccc2)Oc2ccccc2)[C@@H]1OC(=O)C[C@@H](CCCCCCCCCCC)C(=O)CCCCCCCCCC)OC(=O)CCCCCCCCCC. The maximum absolute atomic E-state index is 16.0. The zero-order valence-corrected chi connectivity index (χ0v) is 79.0. The molecular formula is C103H175N2O17P. The predicted molar refractivity (Wildman–Crippen MR) is 498 cm³/mol. The van der Waals surface area contributed by atoms with Crippen LogP contribution in [-0.4, -0.2) is 115 Å². The molecule has 2 unspecified atom stereocenters. The number of hydrogen-bond donors (Lipinski definition) is 4. The molecule has 0 aliphatic carbocycles. The van der Waals surface area contributed by atoms with Gasteiger partial charge in [0.25, 0.3) is 0 Å². The second kappa shape index (κ2) is 74.7. The van der Waals surface area contributed by atoms with Gasteiger partial charge in [-0.2, -0.15) is 0 Å². The summed E-state index contributed by atoms with van der Waals surface area (Å²) in [6.07, 6.45) is 46.7. The number of aliphatic hydroxyl groups excluding tert-OH is 2. The Labute approximate surface area is 747 Å². The highest BCUT2D eigenvalue weighted by molar-refractivity contribution is 7.49. The van der Waals surface area contributed by atoms with Gasteiger partial charge >= 0.3 is 25.7 Å². The third kappa shape index (κ3) is 56.0. The number of phosphoric ester groups is 1. The molecule has 0 saturated carbocycles. The van der Waals surface area contributed by atoms with E-state index in [2.05, 4.69) is 52.2 Å². The van der Waals surface area contributed by atoms with Gasteiger partial charge in [0.1, 0.15) is 54.0 Å². The zero-order chi connectivity index (χ0) is 88.5. The average Bonchev–Trinajstić information content (AvgIpc) is 0.771. The lowest BCUT2D eigenvalue weighted by Gasteiger charge is -2.46. The monoisotopic (exact) mass is 1740 g/mol. The van der Waals surface area contributed by atoms with Crippen molar-refractivity contribution in [3.8, 4) is 11.5 Å². The fourth-order valence-corrected chi connectivity index (χ4v) is 18.0. The maximum Gasteiger partial charge on any atom is 0.588 e. The number of aliphatic hydroxyl groups is 2. The van der Waals surface area contributed by atoms with Crippen LogP contribution in [0.15, 0.2) is 91.0 Å². The smallest absolute Gasteiger partial charge is 0.462 e. The number of Topliss-reactive ketones (excluding diaryl/α,β-unsaturated/α-hetero) is 1. The number of para-hydroxylation sites is 2. The number of rotatable bonds is 84. The summed E-state index contributed by atoms with van der Waals surface area (Å²) in [5.41, 5.74) is 0.895. The molecule has 1 amide bonds. The number of carbonyl (C=O) groups excluding carboxylic acids is 5.